The van der Waals surface area contributed by atoms with Gasteiger partial charge in [-0.2, -0.15) is 26.3 Å². The summed E-state index contributed by atoms with van der Waals surface area (Å²) in [5, 5.41) is 0. The predicted molar refractivity (Wildman–Crippen MR) is 73.8 cm³/mol. The van der Waals surface area contributed by atoms with Gasteiger partial charge in [0, 0.05) is 0 Å². The SMILES string of the molecule is COc1ccc(COc2cc(C(F)(F)F)cc(C(F)(F)F)c2)cc1. The number of methoxy groups -OCH3 is 1. The molecule has 0 saturated heterocycles. The van der Waals surface area contributed by atoms with Gasteiger partial charge in [0.1, 0.15) is 18.1 Å². The molecular weight excluding hydrogens is 338 g/mol. The van der Waals surface area contributed by atoms with Gasteiger partial charge in [0.15, 0.2) is 0 Å². The molecule has 2 aromatic rings. The number of alkyl halides is 6. The standard InChI is InChI=1S/C16H12F6O2/c1-23-13-4-2-10(3-5-13)9-24-14-7-11(15(17,18)19)6-12(8-14)16(20,21)22/h2-8H,9H2,1H3. The van der Waals surface area contributed by atoms with Crippen molar-refractivity contribution >= 4 is 0 Å². The molecule has 2 nitrogen and oxygen atoms in total. The third kappa shape index (κ3) is 4.56. The van der Waals surface area contributed by atoms with Gasteiger partial charge in [0.2, 0.25) is 0 Å². The third-order valence-corrected chi connectivity index (χ3v) is 3.13. The Morgan fingerprint density at radius 3 is 1.67 bits per heavy atom. The van der Waals surface area contributed by atoms with Gasteiger partial charge < -0.3 is 9.47 Å². The second kappa shape index (κ2) is 6.62. The van der Waals surface area contributed by atoms with E-state index in [-0.39, 0.29) is 12.7 Å². The minimum absolute atomic E-state index is 0.0558. The van der Waals surface area contributed by atoms with Gasteiger partial charge in [0.25, 0.3) is 0 Å². The van der Waals surface area contributed by atoms with Gasteiger partial charge in [-0.3, -0.25) is 0 Å². The van der Waals surface area contributed by atoms with Crippen molar-refractivity contribution in [2.45, 2.75) is 19.0 Å². The smallest absolute Gasteiger partial charge is 0.416 e. The lowest BCUT2D eigenvalue weighted by molar-refractivity contribution is -0.143. The van der Waals surface area contributed by atoms with Crippen LogP contribution in [-0.2, 0) is 19.0 Å². The first-order chi connectivity index (χ1) is 11.1. The van der Waals surface area contributed by atoms with Gasteiger partial charge in [-0.25, -0.2) is 0 Å². The highest BCUT2D eigenvalue weighted by Gasteiger charge is 2.37. The number of benzene rings is 2. The normalized spacial score (nSPS) is 12.1. The maximum atomic E-state index is 12.7. The highest BCUT2D eigenvalue weighted by molar-refractivity contribution is 5.37. The van der Waals surface area contributed by atoms with E-state index in [0.29, 0.717) is 23.4 Å². The average Bonchev–Trinajstić information content (AvgIpc) is 2.51. The van der Waals surface area contributed by atoms with Crippen LogP contribution in [0.5, 0.6) is 11.5 Å². The molecule has 0 radical (unpaired) electrons. The van der Waals surface area contributed by atoms with Crippen molar-refractivity contribution in [1.29, 1.82) is 0 Å². The molecule has 0 unspecified atom stereocenters. The topological polar surface area (TPSA) is 18.5 Å². The fraction of sp³-hybridized carbons (Fsp3) is 0.250. The lowest BCUT2D eigenvalue weighted by Gasteiger charge is -2.15. The molecule has 0 aromatic heterocycles. The quantitative estimate of drug-likeness (QED) is 0.696. The van der Waals surface area contributed by atoms with Crippen molar-refractivity contribution in [2.75, 3.05) is 7.11 Å². The zero-order valence-corrected chi connectivity index (χ0v) is 12.3. The maximum absolute atomic E-state index is 12.7. The van der Waals surface area contributed by atoms with Gasteiger partial charge in [0.05, 0.1) is 18.2 Å². The summed E-state index contributed by atoms with van der Waals surface area (Å²) < 4.78 is 86.5. The van der Waals surface area contributed by atoms with E-state index >= 15 is 0 Å². The third-order valence-electron chi connectivity index (χ3n) is 3.13. The van der Waals surface area contributed by atoms with E-state index < -0.39 is 29.2 Å². The monoisotopic (exact) mass is 350 g/mol. The summed E-state index contributed by atoms with van der Waals surface area (Å²) in [4.78, 5) is 0. The second-order valence-corrected chi connectivity index (χ2v) is 4.88. The molecule has 0 saturated carbocycles. The Morgan fingerprint density at radius 1 is 0.750 bits per heavy atom. The zero-order valence-electron chi connectivity index (χ0n) is 12.3. The largest absolute Gasteiger partial charge is 0.497 e. The van der Waals surface area contributed by atoms with Crippen LogP contribution in [-0.4, -0.2) is 7.11 Å². The lowest BCUT2D eigenvalue weighted by Crippen LogP contribution is -2.11. The Balaban J connectivity index is 2.24. The molecule has 0 aliphatic heterocycles. The number of halogens is 6. The fourth-order valence-electron chi connectivity index (χ4n) is 1.90. The number of hydrogen-bond acceptors (Lipinski definition) is 2. The van der Waals surface area contributed by atoms with Crippen molar-refractivity contribution in [1.82, 2.24) is 0 Å². The first-order valence-corrected chi connectivity index (χ1v) is 6.65. The van der Waals surface area contributed by atoms with Crippen LogP contribution >= 0.6 is 0 Å². The minimum Gasteiger partial charge on any atom is -0.497 e. The van der Waals surface area contributed by atoms with Crippen LogP contribution in [0.4, 0.5) is 26.3 Å². The van der Waals surface area contributed by atoms with Crippen molar-refractivity contribution in [3.63, 3.8) is 0 Å². The van der Waals surface area contributed by atoms with Crippen LogP contribution < -0.4 is 9.47 Å². The van der Waals surface area contributed by atoms with Crippen LogP contribution in [0.2, 0.25) is 0 Å². The highest BCUT2D eigenvalue weighted by atomic mass is 19.4. The van der Waals surface area contributed by atoms with E-state index in [9.17, 15) is 26.3 Å². The Hall–Kier alpha value is -2.38. The summed E-state index contributed by atoms with van der Waals surface area (Å²) in [6, 6.07) is 7.53. The predicted octanol–water partition coefficient (Wildman–Crippen LogP) is 5.31. The van der Waals surface area contributed by atoms with Crippen LogP contribution in [0.15, 0.2) is 42.5 Å². The van der Waals surface area contributed by atoms with Crippen molar-refractivity contribution in [3.8, 4) is 11.5 Å². The number of rotatable bonds is 4. The summed E-state index contributed by atoms with van der Waals surface area (Å²) in [6.07, 6.45) is -9.81. The molecule has 2 aromatic carbocycles. The zero-order chi connectivity index (χ0) is 18.0. The molecule has 0 bridgehead atoms. The molecule has 0 heterocycles. The molecule has 130 valence electrons. The molecular formula is C16H12F6O2. The summed E-state index contributed by atoms with van der Waals surface area (Å²) in [5.41, 5.74) is -2.26. The fourth-order valence-corrected chi connectivity index (χ4v) is 1.90. The highest BCUT2D eigenvalue weighted by Crippen LogP contribution is 2.38. The summed E-state index contributed by atoms with van der Waals surface area (Å²) in [6.45, 7) is -0.178. The minimum atomic E-state index is -4.90. The van der Waals surface area contributed by atoms with E-state index in [4.69, 9.17) is 9.47 Å². The number of ether oxygens (including phenoxy) is 2. The molecule has 0 spiro atoms. The Kier molecular flexibility index (Phi) is 4.96. The maximum Gasteiger partial charge on any atom is 0.416 e. The molecule has 24 heavy (non-hydrogen) atoms. The molecule has 8 heteroatoms. The Labute approximate surface area is 133 Å². The number of hydrogen-bond donors (Lipinski definition) is 0. The van der Waals surface area contributed by atoms with E-state index in [2.05, 4.69) is 0 Å². The summed E-state index contributed by atoms with van der Waals surface area (Å²) in [7, 11) is 1.47. The van der Waals surface area contributed by atoms with Gasteiger partial charge >= 0.3 is 12.4 Å². The molecule has 0 fully saturated rings. The van der Waals surface area contributed by atoms with Crippen LogP contribution in [0, 0.1) is 0 Å². The van der Waals surface area contributed by atoms with E-state index in [1.54, 1.807) is 24.3 Å². The summed E-state index contributed by atoms with van der Waals surface area (Å²) in [5.74, 6) is 0.0603. The van der Waals surface area contributed by atoms with Crippen LogP contribution in [0.25, 0.3) is 0 Å². The average molecular weight is 350 g/mol. The first kappa shape index (κ1) is 18.0. The van der Waals surface area contributed by atoms with E-state index in [0.717, 1.165) is 0 Å². The van der Waals surface area contributed by atoms with Gasteiger partial charge in [-0.1, -0.05) is 12.1 Å². The molecule has 2 rings (SSSR count). The molecule has 0 aliphatic carbocycles. The van der Waals surface area contributed by atoms with Gasteiger partial charge in [-0.15, -0.1) is 0 Å². The molecule has 0 atom stereocenters. The van der Waals surface area contributed by atoms with Crippen molar-refractivity contribution < 1.29 is 35.8 Å². The van der Waals surface area contributed by atoms with Gasteiger partial charge in [-0.05, 0) is 35.9 Å². The molecule has 0 aliphatic rings. The van der Waals surface area contributed by atoms with Crippen molar-refractivity contribution in [3.05, 3.63) is 59.2 Å². The van der Waals surface area contributed by atoms with Crippen LogP contribution in [0.1, 0.15) is 16.7 Å². The Bertz CT molecular complexity index is 657. The van der Waals surface area contributed by atoms with E-state index in [1.165, 1.54) is 7.11 Å². The van der Waals surface area contributed by atoms with E-state index in [1.807, 2.05) is 0 Å². The second-order valence-electron chi connectivity index (χ2n) is 4.88. The van der Waals surface area contributed by atoms with Crippen LogP contribution in [0.3, 0.4) is 0 Å². The molecule has 0 N–H and O–H groups in total. The lowest BCUT2D eigenvalue weighted by atomic mass is 10.1. The first-order valence-electron chi connectivity index (χ1n) is 6.65. The Morgan fingerprint density at radius 2 is 1.25 bits per heavy atom. The van der Waals surface area contributed by atoms with Crippen molar-refractivity contribution in [2.24, 2.45) is 0 Å². The summed E-state index contributed by atoms with van der Waals surface area (Å²) >= 11 is 0. The molecule has 0 amide bonds.